The van der Waals surface area contributed by atoms with Gasteiger partial charge in [0.15, 0.2) is 0 Å². The molecule has 1 fully saturated rings. The third-order valence-corrected chi connectivity index (χ3v) is 6.12. The lowest BCUT2D eigenvalue weighted by atomic mass is 9.85. The van der Waals surface area contributed by atoms with Crippen molar-refractivity contribution in [2.24, 2.45) is 0 Å². The second-order valence-electron chi connectivity index (χ2n) is 7.74. The summed E-state index contributed by atoms with van der Waals surface area (Å²) in [5.41, 5.74) is 3.54. The smallest absolute Gasteiger partial charge is 0.222 e. The summed E-state index contributed by atoms with van der Waals surface area (Å²) in [5, 5.41) is 51.1. The number of ether oxygens (including phenoxy) is 2. The van der Waals surface area contributed by atoms with Crippen molar-refractivity contribution in [2.75, 3.05) is 13.7 Å². The van der Waals surface area contributed by atoms with E-state index >= 15 is 0 Å². The minimum atomic E-state index is -2.24. The summed E-state index contributed by atoms with van der Waals surface area (Å²) in [6.07, 6.45) is -4.35. The van der Waals surface area contributed by atoms with Gasteiger partial charge in [0.25, 0.3) is 0 Å². The summed E-state index contributed by atoms with van der Waals surface area (Å²) in [6, 6.07) is 13.1. The zero-order valence-electron chi connectivity index (χ0n) is 16.1. The van der Waals surface area contributed by atoms with E-state index < -0.39 is 36.8 Å². The minimum absolute atomic E-state index is 0.115. The molecule has 7 nitrogen and oxygen atoms in total. The molecule has 0 saturated carbocycles. The SMILES string of the molecule is COc1ccc([C@H]2CCc3ccc([C@]4(O)O[C@H](CO)[C@@H](O)[C@H](O)[C@H]4O)cc32)cc1. The summed E-state index contributed by atoms with van der Waals surface area (Å²) in [7, 11) is 1.62. The molecule has 1 aliphatic carbocycles. The molecule has 6 atom stereocenters. The van der Waals surface area contributed by atoms with Gasteiger partial charge in [0.2, 0.25) is 5.79 Å². The second-order valence-corrected chi connectivity index (χ2v) is 7.74. The lowest BCUT2D eigenvalue weighted by molar-refractivity contribution is -0.357. The monoisotopic (exact) mass is 402 g/mol. The van der Waals surface area contributed by atoms with E-state index in [0.29, 0.717) is 0 Å². The Balaban J connectivity index is 1.70. The Hall–Kier alpha value is -2.00. The van der Waals surface area contributed by atoms with Crippen LogP contribution < -0.4 is 4.74 Å². The van der Waals surface area contributed by atoms with E-state index in [9.17, 15) is 25.5 Å². The summed E-state index contributed by atoms with van der Waals surface area (Å²) < 4.78 is 10.7. The summed E-state index contributed by atoms with van der Waals surface area (Å²) >= 11 is 0. The number of hydrogen-bond donors (Lipinski definition) is 5. The topological polar surface area (TPSA) is 120 Å². The van der Waals surface area contributed by atoms with E-state index in [1.54, 1.807) is 19.2 Å². The number of hydrogen-bond acceptors (Lipinski definition) is 7. The van der Waals surface area contributed by atoms with Crippen molar-refractivity contribution in [1.82, 2.24) is 0 Å². The van der Waals surface area contributed by atoms with E-state index in [2.05, 4.69) is 0 Å². The van der Waals surface area contributed by atoms with E-state index in [-0.39, 0.29) is 11.5 Å². The molecule has 2 aromatic carbocycles. The molecular formula is C22H26O7. The Morgan fingerprint density at radius 2 is 1.79 bits per heavy atom. The van der Waals surface area contributed by atoms with Crippen LogP contribution in [0, 0.1) is 0 Å². The highest BCUT2D eigenvalue weighted by atomic mass is 16.7. The highest BCUT2D eigenvalue weighted by Crippen LogP contribution is 2.43. The first kappa shape index (κ1) is 20.3. The molecule has 7 heteroatoms. The maximum absolute atomic E-state index is 11.1. The van der Waals surface area contributed by atoms with Crippen LogP contribution in [0.25, 0.3) is 0 Å². The summed E-state index contributed by atoms with van der Waals surface area (Å²) in [5.74, 6) is -1.35. The molecule has 1 saturated heterocycles. The van der Waals surface area contributed by atoms with Crippen molar-refractivity contribution in [2.45, 2.75) is 49.0 Å². The average molecular weight is 402 g/mol. The second kappa shape index (κ2) is 7.68. The van der Waals surface area contributed by atoms with Crippen LogP contribution in [0.2, 0.25) is 0 Å². The van der Waals surface area contributed by atoms with Crippen molar-refractivity contribution >= 4 is 0 Å². The van der Waals surface area contributed by atoms with Gasteiger partial charge in [-0.15, -0.1) is 0 Å². The van der Waals surface area contributed by atoms with Crippen molar-refractivity contribution in [3.8, 4) is 5.75 Å². The number of aryl methyl sites for hydroxylation is 1. The van der Waals surface area contributed by atoms with E-state index in [0.717, 1.165) is 35.3 Å². The van der Waals surface area contributed by atoms with Gasteiger partial charge in [-0.3, -0.25) is 0 Å². The van der Waals surface area contributed by atoms with Gasteiger partial charge in [-0.2, -0.15) is 0 Å². The molecule has 1 heterocycles. The van der Waals surface area contributed by atoms with Crippen LogP contribution in [0.3, 0.4) is 0 Å². The molecule has 2 aromatic rings. The van der Waals surface area contributed by atoms with Crippen LogP contribution in [0.15, 0.2) is 42.5 Å². The largest absolute Gasteiger partial charge is 0.497 e. The minimum Gasteiger partial charge on any atom is -0.497 e. The predicted molar refractivity (Wildman–Crippen MR) is 103 cm³/mol. The van der Waals surface area contributed by atoms with Gasteiger partial charge in [0.1, 0.15) is 30.2 Å². The molecule has 0 unspecified atom stereocenters. The standard InChI is InChI=1S/C22H26O7/c1-28-15-7-3-12(4-8-15)16-9-5-13-2-6-14(10-17(13)16)22(27)21(26)20(25)19(24)18(11-23)29-22/h2-4,6-8,10,16,18-21,23-27H,5,9,11H2,1H3/t16-,18-,19-,20+,21-,22+/m1/s1. The molecule has 5 N–H and O–H groups in total. The van der Waals surface area contributed by atoms with Crippen LogP contribution in [0.5, 0.6) is 5.75 Å². The maximum atomic E-state index is 11.1. The normalized spacial score (nSPS) is 34.1. The number of fused-ring (bicyclic) bond motifs is 1. The first-order chi connectivity index (χ1) is 13.9. The molecule has 0 bridgehead atoms. The molecule has 0 radical (unpaired) electrons. The van der Waals surface area contributed by atoms with Gasteiger partial charge in [-0.1, -0.05) is 24.3 Å². The van der Waals surface area contributed by atoms with Gasteiger partial charge in [-0.05, 0) is 47.7 Å². The van der Waals surface area contributed by atoms with E-state index in [1.165, 1.54) is 0 Å². The molecule has 4 rings (SSSR count). The van der Waals surface area contributed by atoms with Crippen LogP contribution in [-0.4, -0.2) is 63.7 Å². The fourth-order valence-electron chi connectivity index (χ4n) is 4.40. The lowest BCUT2D eigenvalue weighted by Gasteiger charge is -2.45. The van der Waals surface area contributed by atoms with Crippen LogP contribution in [0.4, 0.5) is 0 Å². The molecular weight excluding hydrogens is 376 g/mol. The van der Waals surface area contributed by atoms with Crippen LogP contribution in [0.1, 0.15) is 34.6 Å². The lowest BCUT2D eigenvalue weighted by Crippen LogP contribution is -2.63. The van der Waals surface area contributed by atoms with Gasteiger partial charge < -0.3 is 35.0 Å². The number of aliphatic hydroxyl groups is 5. The van der Waals surface area contributed by atoms with Crippen molar-refractivity contribution in [3.63, 3.8) is 0 Å². The molecule has 29 heavy (non-hydrogen) atoms. The predicted octanol–water partition coefficient (Wildman–Crippen LogP) is 0.392. The Morgan fingerprint density at radius 1 is 1.07 bits per heavy atom. The molecule has 0 spiro atoms. The maximum Gasteiger partial charge on any atom is 0.222 e. The quantitative estimate of drug-likeness (QED) is 0.502. The number of methoxy groups -OCH3 is 1. The molecule has 2 aliphatic rings. The van der Waals surface area contributed by atoms with Gasteiger partial charge in [0.05, 0.1) is 13.7 Å². The van der Waals surface area contributed by atoms with Gasteiger partial charge in [-0.25, -0.2) is 0 Å². The highest BCUT2D eigenvalue weighted by molar-refractivity contribution is 5.46. The Morgan fingerprint density at radius 3 is 2.45 bits per heavy atom. The van der Waals surface area contributed by atoms with E-state index in [1.807, 2.05) is 30.3 Å². The van der Waals surface area contributed by atoms with Crippen molar-refractivity contribution in [1.29, 1.82) is 0 Å². The average Bonchev–Trinajstić information content (AvgIpc) is 3.18. The third-order valence-electron chi connectivity index (χ3n) is 6.12. The van der Waals surface area contributed by atoms with Crippen molar-refractivity contribution < 1.29 is 35.0 Å². The molecule has 156 valence electrons. The fourth-order valence-corrected chi connectivity index (χ4v) is 4.40. The number of aliphatic hydroxyl groups excluding tert-OH is 4. The van der Waals surface area contributed by atoms with Gasteiger partial charge >= 0.3 is 0 Å². The van der Waals surface area contributed by atoms with Crippen LogP contribution in [-0.2, 0) is 16.9 Å². The molecule has 0 amide bonds. The van der Waals surface area contributed by atoms with Crippen molar-refractivity contribution in [3.05, 3.63) is 64.7 Å². The molecule has 0 aromatic heterocycles. The number of benzene rings is 2. The first-order valence-corrected chi connectivity index (χ1v) is 9.71. The first-order valence-electron chi connectivity index (χ1n) is 9.71. The number of rotatable bonds is 4. The fraction of sp³-hybridized carbons (Fsp3) is 0.455. The summed E-state index contributed by atoms with van der Waals surface area (Å²) in [6.45, 7) is -0.604. The Bertz CT molecular complexity index is 866. The highest BCUT2D eigenvalue weighted by Gasteiger charge is 2.53. The van der Waals surface area contributed by atoms with E-state index in [4.69, 9.17) is 9.47 Å². The zero-order valence-corrected chi connectivity index (χ0v) is 16.1. The Labute approximate surface area is 168 Å². The molecule has 1 aliphatic heterocycles. The Kier molecular flexibility index (Phi) is 5.37. The summed E-state index contributed by atoms with van der Waals surface area (Å²) in [4.78, 5) is 0. The third kappa shape index (κ3) is 3.34. The zero-order chi connectivity index (χ0) is 20.8. The van der Waals surface area contributed by atoms with Gasteiger partial charge in [0, 0.05) is 11.5 Å². The van der Waals surface area contributed by atoms with Crippen LogP contribution >= 0.6 is 0 Å².